The average Bonchev–Trinajstić information content (AvgIpc) is 2.74. The Bertz CT molecular complexity index is 307. The highest BCUT2D eigenvalue weighted by Gasteiger charge is 2.03. The highest BCUT2D eigenvalue weighted by molar-refractivity contribution is 4.90. The molecular formula is C11H21N5. The SMILES string of the molecule is C=CCN(CCC)CCn1cc(CN)nn1. The molecule has 1 rings (SSSR count). The van der Waals surface area contributed by atoms with Crippen LogP contribution in [0.4, 0.5) is 0 Å². The molecule has 90 valence electrons. The van der Waals surface area contributed by atoms with E-state index in [9.17, 15) is 0 Å². The van der Waals surface area contributed by atoms with Crippen LogP contribution in [0.5, 0.6) is 0 Å². The Kier molecular flexibility index (Phi) is 5.74. The van der Waals surface area contributed by atoms with E-state index in [0.717, 1.165) is 38.3 Å². The molecule has 5 nitrogen and oxygen atoms in total. The summed E-state index contributed by atoms with van der Waals surface area (Å²) in [5.41, 5.74) is 6.31. The second kappa shape index (κ2) is 7.14. The van der Waals surface area contributed by atoms with Crippen molar-refractivity contribution in [2.75, 3.05) is 19.6 Å². The molecule has 0 atom stereocenters. The third kappa shape index (κ3) is 4.12. The number of hydrogen-bond donors (Lipinski definition) is 1. The lowest BCUT2D eigenvalue weighted by molar-refractivity contribution is 0.283. The number of nitrogens with two attached hydrogens (primary N) is 1. The molecule has 1 aromatic rings. The minimum Gasteiger partial charge on any atom is -0.325 e. The average molecular weight is 223 g/mol. The van der Waals surface area contributed by atoms with Crippen LogP contribution in [0, 0.1) is 0 Å². The number of nitrogens with zero attached hydrogens (tertiary/aromatic N) is 4. The van der Waals surface area contributed by atoms with E-state index in [1.807, 2.05) is 17.0 Å². The maximum Gasteiger partial charge on any atom is 0.0962 e. The molecule has 16 heavy (non-hydrogen) atoms. The van der Waals surface area contributed by atoms with Crippen molar-refractivity contribution in [1.29, 1.82) is 0 Å². The van der Waals surface area contributed by atoms with Gasteiger partial charge in [0.2, 0.25) is 0 Å². The minimum atomic E-state index is 0.450. The zero-order valence-corrected chi connectivity index (χ0v) is 9.97. The Morgan fingerprint density at radius 2 is 2.38 bits per heavy atom. The van der Waals surface area contributed by atoms with Gasteiger partial charge >= 0.3 is 0 Å². The first-order valence-corrected chi connectivity index (χ1v) is 5.72. The van der Waals surface area contributed by atoms with Crippen molar-refractivity contribution in [3.8, 4) is 0 Å². The van der Waals surface area contributed by atoms with Gasteiger partial charge in [0.25, 0.3) is 0 Å². The lowest BCUT2D eigenvalue weighted by Crippen LogP contribution is -2.28. The monoisotopic (exact) mass is 223 g/mol. The second-order valence-electron chi connectivity index (χ2n) is 3.77. The molecule has 0 aliphatic heterocycles. The largest absolute Gasteiger partial charge is 0.325 e. The van der Waals surface area contributed by atoms with Crippen LogP contribution < -0.4 is 5.73 Å². The van der Waals surface area contributed by atoms with Crippen molar-refractivity contribution in [2.24, 2.45) is 5.73 Å². The van der Waals surface area contributed by atoms with Crippen molar-refractivity contribution in [3.05, 3.63) is 24.5 Å². The first-order chi connectivity index (χ1) is 7.80. The summed E-state index contributed by atoms with van der Waals surface area (Å²) in [6, 6.07) is 0. The fourth-order valence-electron chi connectivity index (χ4n) is 1.58. The standard InChI is InChI=1S/C11H21N5/c1-3-5-15(6-4-2)7-8-16-10-11(9-12)13-14-16/h3,10H,1,4-9,12H2,2H3. The molecule has 1 heterocycles. The van der Waals surface area contributed by atoms with Crippen molar-refractivity contribution >= 4 is 0 Å². The Hall–Kier alpha value is -1.20. The van der Waals surface area contributed by atoms with Gasteiger partial charge in [0, 0.05) is 25.8 Å². The van der Waals surface area contributed by atoms with E-state index >= 15 is 0 Å². The molecule has 0 saturated carbocycles. The fourth-order valence-corrected chi connectivity index (χ4v) is 1.58. The van der Waals surface area contributed by atoms with Crippen molar-refractivity contribution in [2.45, 2.75) is 26.4 Å². The number of aromatic nitrogens is 3. The fraction of sp³-hybridized carbons (Fsp3) is 0.636. The molecule has 0 unspecified atom stereocenters. The van der Waals surface area contributed by atoms with Gasteiger partial charge in [-0.15, -0.1) is 11.7 Å². The third-order valence-corrected chi connectivity index (χ3v) is 2.37. The third-order valence-electron chi connectivity index (χ3n) is 2.37. The molecule has 5 heteroatoms. The van der Waals surface area contributed by atoms with Gasteiger partial charge in [0.1, 0.15) is 0 Å². The summed E-state index contributed by atoms with van der Waals surface area (Å²) >= 11 is 0. The van der Waals surface area contributed by atoms with E-state index in [0.29, 0.717) is 6.54 Å². The molecule has 0 aliphatic rings. The Morgan fingerprint density at radius 3 is 2.94 bits per heavy atom. The molecule has 0 amide bonds. The Labute approximate surface area is 96.9 Å². The van der Waals surface area contributed by atoms with E-state index < -0.39 is 0 Å². The number of hydrogen-bond acceptors (Lipinski definition) is 4. The smallest absolute Gasteiger partial charge is 0.0962 e. The lowest BCUT2D eigenvalue weighted by atomic mass is 10.4. The normalized spacial score (nSPS) is 10.9. The highest BCUT2D eigenvalue weighted by Crippen LogP contribution is 1.95. The predicted octanol–water partition coefficient (Wildman–Crippen LogP) is 0.635. The first kappa shape index (κ1) is 12.9. The summed E-state index contributed by atoms with van der Waals surface area (Å²) in [7, 11) is 0. The van der Waals surface area contributed by atoms with Gasteiger partial charge < -0.3 is 5.73 Å². The maximum atomic E-state index is 5.47. The molecule has 1 aromatic heterocycles. The topological polar surface area (TPSA) is 60.0 Å². The Balaban J connectivity index is 2.38. The minimum absolute atomic E-state index is 0.450. The maximum absolute atomic E-state index is 5.47. The molecule has 0 aliphatic carbocycles. The summed E-state index contributed by atoms with van der Waals surface area (Å²) in [6.07, 6.45) is 4.99. The first-order valence-electron chi connectivity index (χ1n) is 5.72. The highest BCUT2D eigenvalue weighted by atomic mass is 15.4. The molecule has 0 saturated heterocycles. The van der Waals surface area contributed by atoms with Crippen LogP contribution >= 0.6 is 0 Å². The van der Waals surface area contributed by atoms with E-state index in [1.54, 1.807) is 0 Å². The van der Waals surface area contributed by atoms with Crippen LogP contribution in [0.25, 0.3) is 0 Å². The summed E-state index contributed by atoms with van der Waals surface area (Å²) in [6.45, 7) is 10.2. The van der Waals surface area contributed by atoms with Crippen LogP contribution in [-0.4, -0.2) is 39.5 Å². The summed E-state index contributed by atoms with van der Waals surface area (Å²) in [4.78, 5) is 2.34. The van der Waals surface area contributed by atoms with Crippen LogP contribution in [0.2, 0.25) is 0 Å². The van der Waals surface area contributed by atoms with E-state index in [2.05, 4.69) is 28.7 Å². The van der Waals surface area contributed by atoms with Gasteiger partial charge in [0.15, 0.2) is 0 Å². The Morgan fingerprint density at radius 1 is 1.56 bits per heavy atom. The van der Waals surface area contributed by atoms with Gasteiger partial charge in [-0.1, -0.05) is 18.2 Å². The van der Waals surface area contributed by atoms with Crippen LogP contribution in [0.1, 0.15) is 19.0 Å². The molecular weight excluding hydrogens is 202 g/mol. The molecule has 0 radical (unpaired) electrons. The van der Waals surface area contributed by atoms with Gasteiger partial charge in [0.05, 0.1) is 12.2 Å². The summed E-state index contributed by atoms with van der Waals surface area (Å²) in [5, 5.41) is 7.97. The van der Waals surface area contributed by atoms with Gasteiger partial charge in [-0.3, -0.25) is 9.58 Å². The second-order valence-corrected chi connectivity index (χ2v) is 3.77. The zero-order valence-electron chi connectivity index (χ0n) is 9.97. The van der Waals surface area contributed by atoms with Crippen LogP contribution in [0.3, 0.4) is 0 Å². The zero-order chi connectivity index (χ0) is 11.8. The van der Waals surface area contributed by atoms with E-state index in [-0.39, 0.29) is 0 Å². The predicted molar refractivity (Wildman–Crippen MR) is 64.8 cm³/mol. The number of rotatable bonds is 8. The molecule has 0 fully saturated rings. The van der Waals surface area contributed by atoms with Gasteiger partial charge in [-0.2, -0.15) is 0 Å². The van der Waals surface area contributed by atoms with Gasteiger partial charge in [-0.05, 0) is 13.0 Å². The van der Waals surface area contributed by atoms with Gasteiger partial charge in [-0.25, -0.2) is 0 Å². The quantitative estimate of drug-likeness (QED) is 0.657. The van der Waals surface area contributed by atoms with Crippen molar-refractivity contribution < 1.29 is 0 Å². The summed E-state index contributed by atoms with van der Waals surface area (Å²) in [5.74, 6) is 0. The van der Waals surface area contributed by atoms with Crippen LogP contribution in [0.15, 0.2) is 18.9 Å². The van der Waals surface area contributed by atoms with Crippen molar-refractivity contribution in [3.63, 3.8) is 0 Å². The molecule has 0 bridgehead atoms. The summed E-state index contributed by atoms with van der Waals surface area (Å²) < 4.78 is 1.84. The lowest BCUT2D eigenvalue weighted by Gasteiger charge is -2.19. The molecule has 0 aromatic carbocycles. The van der Waals surface area contributed by atoms with Crippen molar-refractivity contribution in [1.82, 2.24) is 19.9 Å². The molecule has 0 spiro atoms. The molecule has 2 N–H and O–H groups in total. The van der Waals surface area contributed by atoms with E-state index in [4.69, 9.17) is 5.73 Å². The van der Waals surface area contributed by atoms with E-state index in [1.165, 1.54) is 0 Å². The van der Waals surface area contributed by atoms with Crippen LogP contribution in [-0.2, 0) is 13.1 Å².